The van der Waals surface area contributed by atoms with Gasteiger partial charge in [-0.05, 0) is 12.3 Å². The van der Waals surface area contributed by atoms with Crippen LogP contribution in [0.2, 0.25) is 0 Å². The van der Waals surface area contributed by atoms with E-state index in [9.17, 15) is 4.79 Å². The zero-order valence-corrected chi connectivity index (χ0v) is 9.75. The Kier molecular flexibility index (Phi) is 7.95. The van der Waals surface area contributed by atoms with Gasteiger partial charge in [0.05, 0.1) is 0 Å². The Bertz CT molecular complexity index is 214. The van der Waals surface area contributed by atoms with Crippen LogP contribution in [0.3, 0.4) is 0 Å². The molecule has 4 heteroatoms. The molecule has 0 spiro atoms. The third-order valence-electron chi connectivity index (χ3n) is 2.09. The van der Waals surface area contributed by atoms with Crippen molar-refractivity contribution in [3.63, 3.8) is 0 Å². The third-order valence-corrected chi connectivity index (χ3v) is 2.09. The number of carboxylic acid groups (broad SMARTS) is 1. The Balaban J connectivity index is 3.72. The highest BCUT2D eigenvalue weighted by Gasteiger charge is 2.03. The molecule has 0 aliphatic heterocycles. The quantitative estimate of drug-likeness (QED) is 0.473. The first-order valence-corrected chi connectivity index (χ1v) is 5.23. The fourth-order valence-electron chi connectivity index (χ4n) is 1.25. The summed E-state index contributed by atoms with van der Waals surface area (Å²) in [5.74, 6) is -0.387. The van der Waals surface area contributed by atoms with E-state index < -0.39 is 5.97 Å². The van der Waals surface area contributed by atoms with Gasteiger partial charge in [-0.3, -0.25) is 0 Å². The molecule has 0 aliphatic rings. The second-order valence-corrected chi connectivity index (χ2v) is 3.61. The number of hydrogen-bond donors (Lipinski definition) is 2. The largest absolute Gasteiger partial charge is 0.478 e. The second-order valence-electron chi connectivity index (χ2n) is 3.61. The lowest BCUT2D eigenvalue weighted by molar-refractivity contribution is -0.132. The molecular formula is C11H21NO3. The van der Waals surface area contributed by atoms with Crippen molar-refractivity contribution in [3.8, 4) is 0 Å². The molecule has 4 nitrogen and oxygen atoms in total. The molecule has 0 heterocycles. The molecule has 0 aromatic rings. The zero-order valence-electron chi connectivity index (χ0n) is 9.75. The van der Waals surface area contributed by atoms with E-state index in [2.05, 4.69) is 12.2 Å². The lowest BCUT2D eigenvalue weighted by Crippen LogP contribution is -2.24. The molecule has 0 amide bonds. The SMILES string of the molecule is CCC(=CCNCC(C)COC)C(=O)O. The van der Waals surface area contributed by atoms with Crippen molar-refractivity contribution in [1.29, 1.82) is 0 Å². The summed E-state index contributed by atoms with van der Waals surface area (Å²) in [7, 11) is 1.68. The van der Waals surface area contributed by atoms with Crippen LogP contribution in [0.15, 0.2) is 11.6 Å². The average molecular weight is 215 g/mol. The molecule has 0 aliphatic carbocycles. The summed E-state index contributed by atoms with van der Waals surface area (Å²) in [6, 6.07) is 0. The Morgan fingerprint density at radius 3 is 2.73 bits per heavy atom. The molecule has 0 bridgehead atoms. The minimum absolute atomic E-state index is 0.443. The van der Waals surface area contributed by atoms with E-state index in [4.69, 9.17) is 9.84 Å². The number of nitrogens with one attached hydrogen (secondary N) is 1. The molecule has 1 unspecified atom stereocenters. The van der Waals surface area contributed by atoms with Gasteiger partial charge in [-0.2, -0.15) is 0 Å². The molecule has 0 fully saturated rings. The highest BCUT2D eigenvalue weighted by molar-refractivity contribution is 5.86. The van der Waals surface area contributed by atoms with Gasteiger partial charge in [0.2, 0.25) is 0 Å². The minimum Gasteiger partial charge on any atom is -0.478 e. The van der Waals surface area contributed by atoms with E-state index in [-0.39, 0.29) is 0 Å². The van der Waals surface area contributed by atoms with E-state index in [1.807, 2.05) is 6.92 Å². The molecule has 0 saturated heterocycles. The second kappa shape index (κ2) is 8.44. The molecular weight excluding hydrogens is 194 g/mol. The highest BCUT2D eigenvalue weighted by atomic mass is 16.5. The van der Waals surface area contributed by atoms with Gasteiger partial charge in [0.15, 0.2) is 0 Å². The lowest BCUT2D eigenvalue weighted by atomic mass is 10.2. The van der Waals surface area contributed by atoms with Gasteiger partial charge >= 0.3 is 5.97 Å². The van der Waals surface area contributed by atoms with Gasteiger partial charge in [-0.15, -0.1) is 0 Å². The van der Waals surface area contributed by atoms with E-state index >= 15 is 0 Å². The topological polar surface area (TPSA) is 58.6 Å². The summed E-state index contributed by atoms with van der Waals surface area (Å²) >= 11 is 0. The zero-order chi connectivity index (χ0) is 11.7. The van der Waals surface area contributed by atoms with Crippen LogP contribution in [-0.2, 0) is 9.53 Å². The molecule has 0 radical (unpaired) electrons. The van der Waals surface area contributed by atoms with Gasteiger partial charge in [0.25, 0.3) is 0 Å². The predicted molar refractivity (Wildman–Crippen MR) is 59.9 cm³/mol. The van der Waals surface area contributed by atoms with Crippen molar-refractivity contribution >= 4 is 5.97 Å². The predicted octanol–water partition coefficient (Wildman–Crippen LogP) is 1.28. The Hall–Kier alpha value is -0.870. The summed E-state index contributed by atoms with van der Waals surface area (Å²) in [6.45, 7) is 6.08. The maximum atomic E-state index is 10.6. The normalized spacial score (nSPS) is 13.9. The number of hydrogen-bond acceptors (Lipinski definition) is 3. The summed E-state index contributed by atoms with van der Waals surface area (Å²) in [5, 5.41) is 11.9. The Labute approximate surface area is 91.3 Å². The third kappa shape index (κ3) is 7.11. The number of rotatable bonds is 8. The lowest BCUT2D eigenvalue weighted by Gasteiger charge is -2.10. The molecule has 0 saturated carbocycles. The standard InChI is InChI=1S/C11H21NO3/c1-4-10(11(13)14)5-6-12-7-9(2)8-15-3/h5,9,12H,4,6-8H2,1-3H3,(H,13,14). The van der Waals surface area contributed by atoms with Crippen LogP contribution in [0, 0.1) is 5.92 Å². The number of carboxylic acids is 1. The summed E-state index contributed by atoms with van der Waals surface area (Å²) in [5.41, 5.74) is 0.460. The van der Waals surface area contributed by atoms with Crippen molar-refractivity contribution in [2.45, 2.75) is 20.3 Å². The minimum atomic E-state index is -0.829. The van der Waals surface area contributed by atoms with Crippen LogP contribution in [0.5, 0.6) is 0 Å². The molecule has 15 heavy (non-hydrogen) atoms. The van der Waals surface area contributed by atoms with Gasteiger partial charge < -0.3 is 15.2 Å². The Morgan fingerprint density at radius 1 is 1.60 bits per heavy atom. The summed E-state index contributed by atoms with van der Waals surface area (Å²) in [6.07, 6.45) is 2.28. The first-order valence-electron chi connectivity index (χ1n) is 5.23. The van der Waals surface area contributed by atoms with Crippen LogP contribution in [0.1, 0.15) is 20.3 Å². The van der Waals surface area contributed by atoms with Crippen molar-refractivity contribution in [2.24, 2.45) is 5.92 Å². The smallest absolute Gasteiger partial charge is 0.331 e. The molecule has 0 aromatic heterocycles. The maximum Gasteiger partial charge on any atom is 0.331 e. The number of ether oxygens (including phenoxy) is 1. The van der Waals surface area contributed by atoms with E-state index in [1.54, 1.807) is 13.2 Å². The first kappa shape index (κ1) is 14.1. The van der Waals surface area contributed by atoms with Crippen LogP contribution >= 0.6 is 0 Å². The van der Waals surface area contributed by atoms with E-state index in [1.165, 1.54) is 0 Å². The summed E-state index contributed by atoms with van der Waals surface area (Å²) in [4.78, 5) is 10.6. The number of methoxy groups -OCH3 is 1. The number of aliphatic carboxylic acids is 1. The molecule has 0 aromatic carbocycles. The van der Waals surface area contributed by atoms with E-state index in [0.29, 0.717) is 24.5 Å². The van der Waals surface area contributed by atoms with Crippen LogP contribution < -0.4 is 5.32 Å². The van der Waals surface area contributed by atoms with Crippen molar-refractivity contribution in [2.75, 3.05) is 26.8 Å². The fraction of sp³-hybridized carbons (Fsp3) is 0.727. The monoisotopic (exact) mass is 215 g/mol. The molecule has 88 valence electrons. The molecule has 2 N–H and O–H groups in total. The fourth-order valence-corrected chi connectivity index (χ4v) is 1.25. The van der Waals surface area contributed by atoms with Crippen molar-refractivity contribution in [3.05, 3.63) is 11.6 Å². The van der Waals surface area contributed by atoms with Crippen LogP contribution in [0.25, 0.3) is 0 Å². The first-order chi connectivity index (χ1) is 7.11. The highest BCUT2D eigenvalue weighted by Crippen LogP contribution is 1.99. The van der Waals surface area contributed by atoms with Crippen LogP contribution in [-0.4, -0.2) is 37.9 Å². The molecule has 1 atom stereocenters. The van der Waals surface area contributed by atoms with Gasteiger partial charge in [0.1, 0.15) is 0 Å². The molecule has 0 rings (SSSR count). The van der Waals surface area contributed by atoms with Crippen LogP contribution in [0.4, 0.5) is 0 Å². The van der Waals surface area contributed by atoms with Gasteiger partial charge in [0, 0.05) is 32.4 Å². The number of carbonyl (C=O) groups is 1. The van der Waals surface area contributed by atoms with Gasteiger partial charge in [-0.25, -0.2) is 4.79 Å². The van der Waals surface area contributed by atoms with Crippen molar-refractivity contribution in [1.82, 2.24) is 5.32 Å². The van der Waals surface area contributed by atoms with E-state index in [0.717, 1.165) is 13.2 Å². The maximum absolute atomic E-state index is 10.6. The van der Waals surface area contributed by atoms with Gasteiger partial charge in [-0.1, -0.05) is 19.9 Å². The average Bonchev–Trinajstić information content (AvgIpc) is 2.17. The summed E-state index contributed by atoms with van der Waals surface area (Å²) < 4.78 is 4.99. The van der Waals surface area contributed by atoms with Crippen molar-refractivity contribution < 1.29 is 14.6 Å². The Morgan fingerprint density at radius 2 is 2.27 bits per heavy atom.